The second-order valence-corrected chi connectivity index (χ2v) is 13.1. The maximum absolute atomic E-state index is 13.6. The predicted octanol–water partition coefficient (Wildman–Crippen LogP) is 3.68. The van der Waals surface area contributed by atoms with E-state index in [1.807, 2.05) is 45.0 Å². The number of halogens is 1. The Hall–Kier alpha value is -2.37. The lowest BCUT2D eigenvalue weighted by Gasteiger charge is -2.36. The molecular weight excluding hydrogens is 534 g/mol. The summed E-state index contributed by atoms with van der Waals surface area (Å²) in [4.78, 5) is 39.7. The normalized spacial score (nSPS) is 13.1. The minimum atomic E-state index is -4.53. The lowest BCUT2D eigenvalue weighted by Crippen LogP contribution is -2.56. The highest BCUT2D eigenvalue weighted by molar-refractivity contribution is 7.86. The van der Waals surface area contributed by atoms with Gasteiger partial charge in [-0.3, -0.25) is 14.1 Å². The van der Waals surface area contributed by atoms with Crippen molar-refractivity contribution in [2.75, 3.05) is 25.4 Å². The van der Waals surface area contributed by atoms with E-state index in [-0.39, 0.29) is 23.8 Å². The van der Waals surface area contributed by atoms with E-state index in [1.54, 1.807) is 4.90 Å². The number of urea groups is 1. The van der Waals surface area contributed by atoms with Crippen molar-refractivity contribution in [1.82, 2.24) is 15.5 Å². The fourth-order valence-corrected chi connectivity index (χ4v) is 4.47. The third kappa shape index (κ3) is 12.9. The number of benzene rings is 1. The average molecular weight is 576 g/mol. The molecule has 1 rings (SSSR count). The van der Waals surface area contributed by atoms with E-state index >= 15 is 0 Å². The summed E-state index contributed by atoms with van der Waals surface area (Å²) in [7, 11) is -4.53. The van der Waals surface area contributed by atoms with Crippen molar-refractivity contribution in [2.24, 2.45) is 11.3 Å². The van der Waals surface area contributed by atoms with Crippen LogP contribution in [0.1, 0.15) is 60.5 Å². The summed E-state index contributed by atoms with van der Waals surface area (Å²) < 4.78 is 35.6. The van der Waals surface area contributed by atoms with Crippen LogP contribution in [-0.4, -0.2) is 72.8 Å². The summed E-state index contributed by atoms with van der Waals surface area (Å²) in [5, 5.41) is 5.96. The Balaban J connectivity index is 2.85. The summed E-state index contributed by atoms with van der Waals surface area (Å²) in [6.45, 7) is 13.7. The number of ether oxygens (including phenoxy) is 1. The SMILES string of the molecule is CCCN(CC(C)(C)Cc1ccc(Cl)cc1)C(=O)[C@H](NC(=O)NCC(C)(C)OC(=O)CS(=O)(=O)O)C(C)C. The Labute approximate surface area is 231 Å². The van der Waals surface area contributed by atoms with Crippen molar-refractivity contribution in [1.29, 1.82) is 0 Å². The molecule has 1 aromatic carbocycles. The second-order valence-electron chi connectivity index (χ2n) is 11.2. The van der Waals surface area contributed by atoms with Crippen LogP contribution in [0.25, 0.3) is 0 Å². The van der Waals surface area contributed by atoms with Crippen LogP contribution >= 0.6 is 11.6 Å². The monoisotopic (exact) mass is 575 g/mol. The van der Waals surface area contributed by atoms with Crippen molar-refractivity contribution in [2.45, 2.75) is 73.0 Å². The van der Waals surface area contributed by atoms with Crippen LogP contribution in [0.3, 0.4) is 0 Å². The first-order valence-corrected chi connectivity index (χ1v) is 14.6. The van der Waals surface area contributed by atoms with Crippen LogP contribution in [0.2, 0.25) is 5.02 Å². The van der Waals surface area contributed by atoms with Gasteiger partial charge < -0.3 is 20.3 Å². The number of amides is 3. The lowest BCUT2D eigenvalue weighted by atomic mass is 9.84. The van der Waals surface area contributed by atoms with Crippen LogP contribution in [0.15, 0.2) is 24.3 Å². The number of nitrogens with zero attached hydrogens (tertiary/aromatic N) is 1. The molecule has 0 saturated heterocycles. The largest absolute Gasteiger partial charge is 0.457 e. The van der Waals surface area contributed by atoms with Crippen molar-refractivity contribution < 1.29 is 32.1 Å². The summed E-state index contributed by atoms with van der Waals surface area (Å²) in [5.74, 6) is -2.73. The van der Waals surface area contributed by atoms with Gasteiger partial charge in [0.15, 0.2) is 5.75 Å². The molecule has 0 bridgehead atoms. The minimum Gasteiger partial charge on any atom is -0.457 e. The first-order valence-electron chi connectivity index (χ1n) is 12.6. The molecule has 0 unspecified atom stereocenters. The van der Waals surface area contributed by atoms with Gasteiger partial charge in [-0.15, -0.1) is 0 Å². The smallest absolute Gasteiger partial charge is 0.324 e. The number of nitrogens with one attached hydrogen (secondary N) is 2. The van der Waals surface area contributed by atoms with Gasteiger partial charge in [-0.2, -0.15) is 8.42 Å². The van der Waals surface area contributed by atoms with Crippen LogP contribution in [-0.2, 0) is 30.9 Å². The highest BCUT2D eigenvalue weighted by Gasteiger charge is 2.33. The molecule has 0 aliphatic rings. The maximum atomic E-state index is 13.6. The second kappa shape index (κ2) is 14.1. The minimum absolute atomic E-state index is 0.151. The number of hydrogen-bond acceptors (Lipinski definition) is 6. The van der Waals surface area contributed by atoms with E-state index < -0.39 is 39.5 Å². The first kappa shape index (κ1) is 33.7. The topological polar surface area (TPSA) is 142 Å². The summed E-state index contributed by atoms with van der Waals surface area (Å²) in [6, 6.07) is 6.21. The molecule has 0 spiro atoms. The summed E-state index contributed by atoms with van der Waals surface area (Å²) in [5.41, 5.74) is -0.379. The van der Waals surface area contributed by atoms with Gasteiger partial charge >= 0.3 is 12.0 Å². The van der Waals surface area contributed by atoms with Gasteiger partial charge in [-0.1, -0.05) is 58.4 Å². The molecule has 0 aromatic heterocycles. The molecule has 0 aliphatic carbocycles. The third-order valence-electron chi connectivity index (χ3n) is 5.60. The van der Waals surface area contributed by atoms with Crippen molar-refractivity contribution >= 4 is 39.6 Å². The molecule has 0 saturated carbocycles. The van der Waals surface area contributed by atoms with Crippen molar-refractivity contribution in [3.05, 3.63) is 34.9 Å². The molecule has 0 fully saturated rings. The van der Waals surface area contributed by atoms with Crippen molar-refractivity contribution in [3.63, 3.8) is 0 Å². The molecule has 1 atom stereocenters. The van der Waals surface area contributed by atoms with E-state index in [2.05, 4.69) is 24.5 Å². The van der Waals surface area contributed by atoms with Crippen molar-refractivity contribution in [3.8, 4) is 0 Å². The van der Waals surface area contributed by atoms with Crippen LogP contribution in [0, 0.1) is 11.3 Å². The van der Waals surface area contributed by atoms with E-state index in [0.717, 1.165) is 18.4 Å². The maximum Gasteiger partial charge on any atom is 0.324 e. The molecule has 12 heteroatoms. The summed E-state index contributed by atoms with van der Waals surface area (Å²) in [6.07, 6.45) is 1.49. The molecule has 0 radical (unpaired) electrons. The Morgan fingerprint density at radius 2 is 1.68 bits per heavy atom. The molecule has 0 aliphatic heterocycles. The third-order valence-corrected chi connectivity index (χ3v) is 6.46. The summed E-state index contributed by atoms with van der Waals surface area (Å²) >= 11 is 6.00. The van der Waals surface area contributed by atoms with E-state index in [0.29, 0.717) is 18.1 Å². The van der Waals surface area contributed by atoms with Crippen LogP contribution in [0.5, 0.6) is 0 Å². The number of hydrogen-bond donors (Lipinski definition) is 3. The van der Waals surface area contributed by atoms with E-state index in [9.17, 15) is 22.8 Å². The van der Waals surface area contributed by atoms with Gasteiger partial charge in [0, 0.05) is 18.1 Å². The van der Waals surface area contributed by atoms with E-state index in [1.165, 1.54) is 13.8 Å². The first-order chi connectivity index (χ1) is 17.3. The molecule has 38 heavy (non-hydrogen) atoms. The van der Waals surface area contributed by atoms with Gasteiger partial charge in [0.25, 0.3) is 10.1 Å². The molecule has 3 amide bonds. The highest BCUT2D eigenvalue weighted by atomic mass is 35.5. The zero-order valence-corrected chi connectivity index (χ0v) is 24.9. The molecule has 10 nitrogen and oxygen atoms in total. The Morgan fingerprint density at radius 3 is 2.18 bits per heavy atom. The van der Waals surface area contributed by atoms with Gasteiger partial charge in [0.05, 0.1) is 6.54 Å². The van der Waals surface area contributed by atoms with Gasteiger partial charge in [-0.25, -0.2) is 4.79 Å². The lowest BCUT2D eigenvalue weighted by molar-refractivity contribution is -0.152. The fraction of sp³-hybridized carbons (Fsp3) is 0.654. The van der Waals surface area contributed by atoms with Gasteiger partial charge in [-0.05, 0) is 55.7 Å². The Kier molecular flexibility index (Phi) is 12.5. The molecule has 3 N–H and O–H groups in total. The molecule has 1 aromatic rings. The zero-order chi connectivity index (χ0) is 29.3. The Morgan fingerprint density at radius 1 is 1.11 bits per heavy atom. The average Bonchev–Trinajstić information content (AvgIpc) is 2.74. The number of esters is 1. The van der Waals surface area contributed by atoms with Gasteiger partial charge in [0.1, 0.15) is 11.6 Å². The number of carbonyl (C=O) groups is 3. The van der Waals surface area contributed by atoms with Gasteiger partial charge in [0.2, 0.25) is 5.91 Å². The molecular formula is C26H42ClN3O7S. The fourth-order valence-electron chi connectivity index (χ4n) is 3.98. The van der Waals surface area contributed by atoms with Crippen LogP contribution < -0.4 is 10.6 Å². The molecule has 0 heterocycles. The van der Waals surface area contributed by atoms with E-state index in [4.69, 9.17) is 20.9 Å². The van der Waals surface area contributed by atoms with Crippen LogP contribution in [0.4, 0.5) is 4.79 Å². The quantitative estimate of drug-likeness (QED) is 0.227. The number of carbonyl (C=O) groups excluding carboxylic acids is 3. The Bertz CT molecular complexity index is 1060. The zero-order valence-electron chi connectivity index (χ0n) is 23.3. The number of rotatable bonds is 14. The standard InChI is InChI=1S/C26H42ClN3O7S/c1-8-13-30(17-25(4,5)14-19-9-11-20(27)12-10-19)23(32)22(18(2)3)29-24(33)28-16-26(6,7)37-21(31)15-38(34,35)36/h9-12,18,22H,8,13-17H2,1-7H3,(H2,28,29,33)(H,34,35,36)/t22-/m1/s1. The predicted molar refractivity (Wildman–Crippen MR) is 148 cm³/mol. The highest BCUT2D eigenvalue weighted by Crippen LogP contribution is 2.25. The molecule has 216 valence electrons.